The highest BCUT2D eigenvalue weighted by Crippen LogP contribution is 2.36. The van der Waals surface area contributed by atoms with E-state index in [1.807, 2.05) is 39.0 Å². The van der Waals surface area contributed by atoms with E-state index < -0.39 is 5.67 Å². The van der Waals surface area contributed by atoms with Gasteiger partial charge in [0.05, 0.1) is 0 Å². The Kier molecular flexibility index (Phi) is 2.96. The summed E-state index contributed by atoms with van der Waals surface area (Å²) < 4.78 is 20.3. The lowest BCUT2D eigenvalue weighted by molar-refractivity contribution is 0.0827. The standard InChI is InChI=1S/C14H18FNO/c1-9(2)14(15,8-16)13-7-11-6-10(3)4-5-12(11)17-13/h4-7,9H,8,16H2,1-3H3. The van der Waals surface area contributed by atoms with Gasteiger partial charge in [0.15, 0.2) is 5.67 Å². The summed E-state index contributed by atoms with van der Waals surface area (Å²) in [5.74, 6) is 0.116. The molecule has 1 atom stereocenters. The van der Waals surface area contributed by atoms with E-state index in [2.05, 4.69) is 0 Å². The number of rotatable bonds is 3. The van der Waals surface area contributed by atoms with Crippen LogP contribution in [0.2, 0.25) is 0 Å². The van der Waals surface area contributed by atoms with E-state index in [0.717, 1.165) is 10.9 Å². The molecule has 3 heteroatoms. The summed E-state index contributed by atoms with van der Waals surface area (Å²) in [4.78, 5) is 0. The molecule has 2 nitrogen and oxygen atoms in total. The van der Waals surface area contributed by atoms with Crippen LogP contribution in [0.25, 0.3) is 11.0 Å². The molecule has 0 aliphatic heterocycles. The molecule has 2 rings (SSSR count). The van der Waals surface area contributed by atoms with Gasteiger partial charge in [-0.3, -0.25) is 0 Å². The first-order valence-electron chi connectivity index (χ1n) is 5.87. The van der Waals surface area contributed by atoms with E-state index in [1.54, 1.807) is 6.07 Å². The quantitative estimate of drug-likeness (QED) is 0.884. The van der Waals surface area contributed by atoms with Crippen molar-refractivity contribution in [1.82, 2.24) is 0 Å². The lowest BCUT2D eigenvalue weighted by atomic mass is 9.90. The molecular weight excluding hydrogens is 217 g/mol. The minimum Gasteiger partial charge on any atom is -0.458 e. The molecule has 92 valence electrons. The van der Waals surface area contributed by atoms with Gasteiger partial charge in [-0.2, -0.15) is 0 Å². The molecule has 1 heterocycles. The fourth-order valence-electron chi connectivity index (χ4n) is 1.99. The molecule has 0 spiro atoms. The summed E-state index contributed by atoms with van der Waals surface area (Å²) in [6, 6.07) is 7.56. The van der Waals surface area contributed by atoms with Crippen molar-refractivity contribution in [3.05, 3.63) is 35.6 Å². The molecule has 1 aromatic heterocycles. The fourth-order valence-corrected chi connectivity index (χ4v) is 1.99. The van der Waals surface area contributed by atoms with Crippen LogP contribution in [0.5, 0.6) is 0 Å². The van der Waals surface area contributed by atoms with Crippen LogP contribution in [-0.4, -0.2) is 6.54 Å². The molecule has 0 fully saturated rings. The van der Waals surface area contributed by atoms with Crippen molar-refractivity contribution < 1.29 is 8.81 Å². The van der Waals surface area contributed by atoms with Crippen LogP contribution in [0, 0.1) is 12.8 Å². The molecule has 1 unspecified atom stereocenters. The Morgan fingerprint density at radius 2 is 2.06 bits per heavy atom. The zero-order valence-electron chi connectivity index (χ0n) is 10.5. The molecule has 0 radical (unpaired) electrons. The van der Waals surface area contributed by atoms with Gasteiger partial charge in [0.25, 0.3) is 0 Å². The first-order valence-corrected chi connectivity index (χ1v) is 5.87. The van der Waals surface area contributed by atoms with Crippen molar-refractivity contribution in [2.45, 2.75) is 26.4 Å². The number of hydrogen-bond donors (Lipinski definition) is 1. The van der Waals surface area contributed by atoms with Crippen LogP contribution in [0.4, 0.5) is 4.39 Å². The van der Waals surface area contributed by atoms with Crippen LogP contribution < -0.4 is 5.73 Å². The SMILES string of the molecule is Cc1ccc2oc(C(F)(CN)C(C)C)cc2c1. The second-order valence-electron chi connectivity index (χ2n) is 4.87. The zero-order chi connectivity index (χ0) is 12.6. The molecule has 0 amide bonds. The number of fused-ring (bicyclic) bond motifs is 1. The molecule has 0 aliphatic carbocycles. The van der Waals surface area contributed by atoms with E-state index in [0.29, 0.717) is 11.3 Å². The third kappa shape index (κ3) is 1.95. The average molecular weight is 235 g/mol. The molecule has 17 heavy (non-hydrogen) atoms. The summed E-state index contributed by atoms with van der Waals surface area (Å²) in [6.45, 7) is 5.56. The maximum Gasteiger partial charge on any atom is 0.182 e. The van der Waals surface area contributed by atoms with Gasteiger partial charge < -0.3 is 10.2 Å². The van der Waals surface area contributed by atoms with Crippen LogP contribution in [0.3, 0.4) is 0 Å². The summed E-state index contributed by atoms with van der Waals surface area (Å²) in [5, 5.41) is 0.927. The minimum atomic E-state index is -1.59. The van der Waals surface area contributed by atoms with Crippen LogP contribution >= 0.6 is 0 Å². The van der Waals surface area contributed by atoms with Gasteiger partial charge in [0, 0.05) is 11.9 Å². The summed E-state index contributed by atoms with van der Waals surface area (Å²) >= 11 is 0. The first-order chi connectivity index (χ1) is 7.97. The third-order valence-corrected chi connectivity index (χ3v) is 3.29. The number of alkyl halides is 1. The predicted molar refractivity (Wildman–Crippen MR) is 67.6 cm³/mol. The molecule has 2 N–H and O–H groups in total. The van der Waals surface area contributed by atoms with Crippen molar-refractivity contribution in [2.24, 2.45) is 11.7 Å². The highest BCUT2D eigenvalue weighted by molar-refractivity contribution is 5.78. The summed E-state index contributed by atoms with van der Waals surface area (Å²) in [6.07, 6.45) is 0. The van der Waals surface area contributed by atoms with E-state index in [-0.39, 0.29) is 12.5 Å². The molecule has 0 bridgehead atoms. The van der Waals surface area contributed by atoms with Crippen LogP contribution in [-0.2, 0) is 5.67 Å². The first kappa shape index (κ1) is 12.1. The topological polar surface area (TPSA) is 39.2 Å². The number of furan rings is 1. The number of halogens is 1. The van der Waals surface area contributed by atoms with Gasteiger partial charge in [-0.05, 0) is 31.0 Å². The highest BCUT2D eigenvalue weighted by Gasteiger charge is 2.37. The molecule has 0 saturated heterocycles. The van der Waals surface area contributed by atoms with Gasteiger partial charge in [-0.25, -0.2) is 4.39 Å². The Morgan fingerprint density at radius 1 is 1.35 bits per heavy atom. The van der Waals surface area contributed by atoms with Crippen molar-refractivity contribution >= 4 is 11.0 Å². The fraction of sp³-hybridized carbons (Fsp3) is 0.429. The number of aryl methyl sites for hydroxylation is 1. The van der Waals surface area contributed by atoms with Crippen molar-refractivity contribution in [1.29, 1.82) is 0 Å². The summed E-state index contributed by atoms with van der Waals surface area (Å²) in [5.41, 5.74) is 5.81. The molecular formula is C14H18FNO. The smallest absolute Gasteiger partial charge is 0.182 e. The number of nitrogens with two attached hydrogens (primary N) is 1. The zero-order valence-corrected chi connectivity index (χ0v) is 10.5. The average Bonchev–Trinajstić information content (AvgIpc) is 2.70. The van der Waals surface area contributed by atoms with Crippen LogP contribution in [0.15, 0.2) is 28.7 Å². The van der Waals surface area contributed by atoms with Gasteiger partial charge >= 0.3 is 0 Å². The Hall–Kier alpha value is -1.35. The molecule has 1 aromatic carbocycles. The van der Waals surface area contributed by atoms with Gasteiger partial charge in [-0.1, -0.05) is 25.5 Å². The lowest BCUT2D eigenvalue weighted by Gasteiger charge is -2.25. The van der Waals surface area contributed by atoms with E-state index in [4.69, 9.17) is 10.2 Å². The Bertz CT molecular complexity index is 532. The lowest BCUT2D eigenvalue weighted by Crippen LogP contribution is -2.35. The van der Waals surface area contributed by atoms with E-state index >= 15 is 0 Å². The predicted octanol–water partition coefficient (Wildman–Crippen LogP) is 3.52. The Balaban J connectivity index is 2.56. The maximum absolute atomic E-state index is 14.7. The van der Waals surface area contributed by atoms with E-state index in [9.17, 15) is 4.39 Å². The second kappa shape index (κ2) is 4.15. The number of hydrogen-bond acceptors (Lipinski definition) is 2. The van der Waals surface area contributed by atoms with Crippen molar-refractivity contribution in [3.8, 4) is 0 Å². The third-order valence-electron chi connectivity index (χ3n) is 3.29. The van der Waals surface area contributed by atoms with E-state index in [1.165, 1.54) is 0 Å². The number of benzene rings is 1. The van der Waals surface area contributed by atoms with Gasteiger partial charge in [-0.15, -0.1) is 0 Å². The molecule has 2 aromatic rings. The Morgan fingerprint density at radius 3 is 2.65 bits per heavy atom. The normalized spacial score (nSPS) is 15.4. The van der Waals surface area contributed by atoms with Gasteiger partial charge in [0.2, 0.25) is 0 Å². The largest absolute Gasteiger partial charge is 0.458 e. The Labute approximate surface area is 101 Å². The molecule has 0 aliphatic rings. The second-order valence-corrected chi connectivity index (χ2v) is 4.87. The monoisotopic (exact) mass is 235 g/mol. The summed E-state index contributed by atoms with van der Waals surface area (Å²) in [7, 11) is 0. The van der Waals surface area contributed by atoms with Crippen LogP contribution in [0.1, 0.15) is 25.2 Å². The maximum atomic E-state index is 14.7. The minimum absolute atomic E-state index is 0.0660. The molecule has 0 saturated carbocycles. The van der Waals surface area contributed by atoms with Gasteiger partial charge in [0.1, 0.15) is 11.3 Å². The highest BCUT2D eigenvalue weighted by atomic mass is 19.1. The van der Waals surface area contributed by atoms with Crippen molar-refractivity contribution in [3.63, 3.8) is 0 Å². The van der Waals surface area contributed by atoms with Crippen molar-refractivity contribution in [2.75, 3.05) is 6.54 Å².